The molecule has 2 atom stereocenters. The van der Waals surface area contributed by atoms with Crippen molar-refractivity contribution in [2.24, 2.45) is 0 Å². The number of benzene rings is 4. The van der Waals surface area contributed by atoms with Gasteiger partial charge in [0.2, 0.25) is 5.75 Å². The third-order valence-electron chi connectivity index (χ3n) is 9.63. The highest BCUT2D eigenvalue weighted by molar-refractivity contribution is 5.87. The summed E-state index contributed by atoms with van der Waals surface area (Å²) in [5.74, 6) is 0.356. The van der Waals surface area contributed by atoms with Crippen LogP contribution in [0.5, 0.6) is 17.2 Å². The van der Waals surface area contributed by atoms with Gasteiger partial charge in [0, 0.05) is 22.6 Å². The van der Waals surface area contributed by atoms with Gasteiger partial charge in [-0.1, -0.05) is 49.4 Å². The second kappa shape index (κ2) is 12.2. The van der Waals surface area contributed by atoms with E-state index < -0.39 is 22.6 Å². The summed E-state index contributed by atoms with van der Waals surface area (Å²) in [6.45, 7) is 3.61. The number of aliphatic hydroxyl groups is 1. The lowest BCUT2D eigenvalue weighted by atomic mass is 9.86. The highest BCUT2D eigenvalue weighted by atomic mass is 16.6. The molecule has 0 fully saturated rings. The second-order valence-electron chi connectivity index (χ2n) is 12.7. The summed E-state index contributed by atoms with van der Waals surface area (Å²) in [4.78, 5) is 42.3. The van der Waals surface area contributed by atoms with Gasteiger partial charge in [0.15, 0.2) is 5.60 Å². The maximum atomic E-state index is 13.5. The van der Waals surface area contributed by atoms with Crippen molar-refractivity contribution >= 4 is 22.6 Å². The molecule has 0 radical (unpaired) electrons. The van der Waals surface area contributed by atoms with Crippen LogP contribution in [0, 0.1) is 10.1 Å². The van der Waals surface area contributed by atoms with Gasteiger partial charge in [-0.25, -0.2) is 9.78 Å². The van der Waals surface area contributed by atoms with Gasteiger partial charge in [0.05, 0.1) is 33.9 Å². The standard InChI is InChI=1S/C40H31N3O8/c1-3-40(46)32-20-35-37-28(21-42(35)38(44)31(32)22-49-39(40)45)17-27-18-30(14-15-33(27)41-37)50-23(2)26-11-16-34(43(47)48)36(19-26)51-29-12-9-25(10-13-29)24-7-5-4-6-8-24/h4-20,23,46H,3,21-22H2,1-2H3. The third-order valence-corrected chi connectivity index (χ3v) is 9.63. The molecule has 8 rings (SSSR count). The number of esters is 1. The van der Waals surface area contributed by atoms with Crippen molar-refractivity contribution in [2.75, 3.05) is 0 Å². The van der Waals surface area contributed by atoms with Crippen molar-refractivity contribution in [3.8, 4) is 39.8 Å². The predicted octanol–water partition coefficient (Wildman–Crippen LogP) is 7.59. The first-order valence-electron chi connectivity index (χ1n) is 16.5. The van der Waals surface area contributed by atoms with Crippen LogP contribution >= 0.6 is 0 Å². The number of rotatable bonds is 8. The minimum atomic E-state index is -1.89. The van der Waals surface area contributed by atoms with Gasteiger partial charge in [0.1, 0.15) is 24.2 Å². The molecule has 51 heavy (non-hydrogen) atoms. The van der Waals surface area contributed by atoms with E-state index in [1.165, 1.54) is 6.07 Å². The van der Waals surface area contributed by atoms with Crippen molar-refractivity contribution < 1.29 is 29.0 Å². The van der Waals surface area contributed by atoms with Gasteiger partial charge in [-0.2, -0.15) is 0 Å². The molecule has 11 heteroatoms. The van der Waals surface area contributed by atoms with E-state index in [1.807, 2.05) is 67.6 Å². The van der Waals surface area contributed by atoms with Crippen molar-refractivity contribution in [2.45, 2.75) is 45.1 Å². The second-order valence-corrected chi connectivity index (χ2v) is 12.7. The maximum absolute atomic E-state index is 13.5. The van der Waals surface area contributed by atoms with Crippen LogP contribution in [0.2, 0.25) is 0 Å². The van der Waals surface area contributed by atoms with Crippen molar-refractivity contribution in [3.05, 3.63) is 146 Å². The largest absolute Gasteiger partial charge is 0.486 e. The zero-order chi connectivity index (χ0) is 35.4. The molecule has 0 saturated heterocycles. The molecule has 254 valence electrons. The Kier molecular flexibility index (Phi) is 7.64. The molecule has 6 aromatic rings. The quantitative estimate of drug-likeness (QED) is 0.0975. The van der Waals surface area contributed by atoms with E-state index >= 15 is 0 Å². The molecule has 4 aromatic carbocycles. The summed E-state index contributed by atoms with van der Waals surface area (Å²) < 4.78 is 19.1. The number of pyridine rings is 2. The summed E-state index contributed by atoms with van der Waals surface area (Å²) in [7, 11) is 0. The fourth-order valence-corrected chi connectivity index (χ4v) is 6.80. The molecule has 0 aliphatic carbocycles. The van der Waals surface area contributed by atoms with Crippen LogP contribution < -0.4 is 15.0 Å². The van der Waals surface area contributed by atoms with Crippen LogP contribution in [0.15, 0.2) is 108 Å². The van der Waals surface area contributed by atoms with Gasteiger partial charge < -0.3 is 23.9 Å². The smallest absolute Gasteiger partial charge is 0.343 e. The van der Waals surface area contributed by atoms with Gasteiger partial charge in [-0.15, -0.1) is 0 Å². The number of hydrogen-bond donors (Lipinski definition) is 1. The monoisotopic (exact) mass is 681 g/mol. The summed E-state index contributed by atoms with van der Waals surface area (Å²) in [5.41, 5.74) is 3.51. The minimum Gasteiger partial charge on any atom is -0.486 e. The SMILES string of the molecule is CCC1(O)C(=O)OCc2c1cc1n(c2=O)Cc2cc3cc(OC(C)c4ccc([N+](=O)[O-])c(Oc5ccc(-c6ccccc6)cc5)c4)ccc3nc2-1. The van der Waals surface area contributed by atoms with E-state index in [-0.39, 0.29) is 47.7 Å². The normalized spacial score (nSPS) is 16.5. The van der Waals surface area contributed by atoms with E-state index in [4.69, 9.17) is 19.2 Å². The summed E-state index contributed by atoms with van der Waals surface area (Å²) in [6, 6.07) is 31.0. The molecule has 2 unspecified atom stereocenters. The van der Waals surface area contributed by atoms with E-state index in [0.717, 1.165) is 22.1 Å². The molecular weight excluding hydrogens is 650 g/mol. The Bertz CT molecular complexity index is 2440. The van der Waals surface area contributed by atoms with Crippen LogP contribution in [0.3, 0.4) is 0 Å². The van der Waals surface area contributed by atoms with Gasteiger partial charge >= 0.3 is 11.7 Å². The van der Waals surface area contributed by atoms with Crippen LogP contribution in [0.1, 0.15) is 48.6 Å². The van der Waals surface area contributed by atoms with E-state index in [1.54, 1.807) is 47.9 Å². The zero-order valence-corrected chi connectivity index (χ0v) is 27.7. The molecule has 0 amide bonds. The number of aromatic nitrogens is 2. The van der Waals surface area contributed by atoms with Crippen molar-refractivity contribution in [1.29, 1.82) is 0 Å². The zero-order valence-electron chi connectivity index (χ0n) is 27.7. The summed E-state index contributed by atoms with van der Waals surface area (Å²) >= 11 is 0. The first-order valence-corrected chi connectivity index (χ1v) is 16.5. The Morgan fingerprint density at radius 2 is 1.71 bits per heavy atom. The fourth-order valence-electron chi connectivity index (χ4n) is 6.80. The molecular formula is C40H31N3O8. The number of fused-ring (bicyclic) bond motifs is 5. The number of nitro benzene ring substituents is 1. The lowest BCUT2D eigenvalue weighted by Gasteiger charge is -2.31. The molecule has 11 nitrogen and oxygen atoms in total. The molecule has 2 aliphatic rings. The van der Waals surface area contributed by atoms with Crippen LogP contribution in [0.4, 0.5) is 5.69 Å². The number of nitro groups is 1. The Hall–Kier alpha value is -6.33. The van der Waals surface area contributed by atoms with Crippen LogP contribution in [0.25, 0.3) is 33.4 Å². The predicted molar refractivity (Wildman–Crippen MR) is 189 cm³/mol. The first kappa shape index (κ1) is 31.9. The first-order chi connectivity index (χ1) is 24.6. The van der Waals surface area contributed by atoms with Crippen LogP contribution in [-0.2, 0) is 28.3 Å². The van der Waals surface area contributed by atoms with Gasteiger partial charge in [-0.05, 0) is 84.6 Å². The summed E-state index contributed by atoms with van der Waals surface area (Å²) in [6.07, 6.45) is -0.428. The molecule has 2 aromatic heterocycles. The lowest BCUT2D eigenvalue weighted by molar-refractivity contribution is -0.385. The third kappa shape index (κ3) is 5.48. The molecule has 4 heterocycles. The van der Waals surface area contributed by atoms with Crippen molar-refractivity contribution in [3.63, 3.8) is 0 Å². The Morgan fingerprint density at radius 1 is 0.961 bits per heavy atom. The average Bonchev–Trinajstić information content (AvgIpc) is 3.50. The molecule has 1 N–H and O–H groups in total. The lowest BCUT2D eigenvalue weighted by Crippen LogP contribution is -2.44. The topological polar surface area (TPSA) is 143 Å². The Balaban J connectivity index is 1.05. The van der Waals surface area contributed by atoms with E-state index in [2.05, 4.69) is 0 Å². The number of ether oxygens (including phenoxy) is 3. The number of nitrogens with zero attached hydrogens (tertiary/aromatic N) is 3. The molecule has 0 bridgehead atoms. The molecule has 0 saturated carbocycles. The minimum absolute atomic E-state index is 0.0676. The Labute approximate surface area is 291 Å². The van der Waals surface area contributed by atoms with Gasteiger partial charge in [-0.3, -0.25) is 14.9 Å². The highest BCUT2D eigenvalue weighted by Crippen LogP contribution is 2.40. The number of carbonyl (C=O) groups is 1. The molecule has 0 spiro atoms. The molecule has 2 aliphatic heterocycles. The number of carbonyl (C=O) groups excluding carboxylic acids is 1. The highest BCUT2D eigenvalue weighted by Gasteiger charge is 2.45. The fraction of sp³-hybridized carbons (Fsp3) is 0.175. The average molecular weight is 682 g/mol. The maximum Gasteiger partial charge on any atom is 0.343 e. The Morgan fingerprint density at radius 3 is 2.45 bits per heavy atom. The number of cyclic esters (lactones) is 1. The van der Waals surface area contributed by atoms with E-state index in [0.29, 0.717) is 34.0 Å². The van der Waals surface area contributed by atoms with Crippen LogP contribution in [-0.4, -0.2) is 25.6 Å². The summed E-state index contributed by atoms with van der Waals surface area (Å²) in [5, 5.41) is 23.8. The van der Waals surface area contributed by atoms with Gasteiger partial charge in [0.25, 0.3) is 5.56 Å². The number of hydrogen-bond acceptors (Lipinski definition) is 9. The van der Waals surface area contributed by atoms with Crippen molar-refractivity contribution in [1.82, 2.24) is 9.55 Å². The van der Waals surface area contributed by atoms with E-state index in [9.17, 15) is 24.8 Å².